The number of nitrogens with one attached hydrogen (secondary N) is 3. The van der Waals surface area contributed by atoms with Crippen LogP contribution in [0, 0.1) is 6.92 Å². The van der Waals surface area contributed by atoms with Crippen LogP contribution < -0.4 is 22.0 Å². The molecule has 2 aromatic rings. The topological polar surface area (TPSA) is 138 Å². The van der Waals surface area contributed by atoms with Crippen molar-refractivity contribution in [2.24, 2.45) is 0 Å². The molecule has 0 fully saturated rings. The number of H-pyrrole nitrogens is 1. The number of aromatic nitrogens is 3. The molecule has 0 saturated carbocycles. The summed E-state index contributed by atoms with van der Waals surface area (Å²) >= 11 is 0. The first-order chi connectivity index (χ1) is 14.6. The van der Waals surface area contributed by atoms with Gasteiger partial charge in [0.1, 0.15) is 17.5 Å². The second-order valence-corrected chi connectivity index (χ2v) is 6.99. The molecule has 2 amide bonds. The van der Waals surface area contributed by atoms with E-state index in [1.807, 2.05) is 6.92 Å². The number of amides is 2. The molecular formula is C21H27N5O5. The van der Waals surface area contributed by atoms with Crippen molar-refractivity contribution < 1.29 is 14.7 Å². The van der Waals surface area contributed by atoms with E-state index in [-0.39, 0.29) is 29.7 Å². The lowest BCUT2D eigenvalue weighted by atomic mass is 9.98. The number of carbonyl (C=O) groups is 2. The molecule has 0 aliphatic carbocycles. The molecule has 0 saturated heterocycles. The van der Waals surface area contributed by atoms with Crippen LogP contribution in [0.4, 0.5) is 0 Å². The highest BCUT2D eigenvalue weighted by Gasteiger charge is 2.23. The van der Waals surface area contributed by atoms with Crippen molar-refractivity contribution in [1.82, 2.24) is 25.0 Å². The molecule has 0 radical (unpaired) electrons. The number of carbonyl (C=O) groups excluding carboxylic acids is 2. The van der Waals surface area contributed by atoms with E-state index in [4.69, 9.17) is 0 Å². The molecule has 2 rings (SSSR count). The average Bonchev–Trinajstić information content (AvgIpc) is 3.00. The Balaban J connectivity index is 2.60. The summed E-state index contributed by atoms with van der Waals surface area (Å²) in [7, 11) is 1.46. The zero-order valence-corrected chi connectivity index (χ0v) is 18.1. The number of benzene rings is 1. The summed E-state index contributed by atoms with van der Waals surface area (Å²) in [6.45, 7) is 6.39. The molecule has 0 spiro atoms. The lowest BCUT2D eigenvalue weighted by Crippen LogP contribution is -2.46. The predicted octanol–water partition coefficient (Wildman–Crippen LogP) is 0.571. The SMILES string of the molecule is CC=CC=C(C)n1c(=O)[nH]n(-c2c(O)ccc(CC(NC(C)=O)C(=O)NC)c2C)c1=O. The minimum atomic E-state index is -0.843. The van der Waals surface area contributed by atoms with E-state index in [0.717, 1.165) is 9.25 Å². The Bertz CT molecular complexity index is 1170. The Morgan fingerprint density at radius 3 is 2.52 bits per heavy atom. The minimum Gasteiger partial charge on any atom is -0.506 e. The van der Waals surface area contributed by atoms with Gasteiger partial charge >= 0.3 is 11.4 Å². The van der Waals surface area contributed by atoms with E-state index in [9.17, 15) is 24.3 Å². The van der Waals surface area contributed by atoms with E-state index < -0.39 is 17.4 Å². The number of phenols is 1. The standard InChI is InChI=1S/C21H27N5O5/c1-6-7-8-12(2)25-20(30)24-26(21(25)31)18-13(3)15(9-10-17(18)28)11-16(19(29)22-5)23-14(4)27/h6-10,16,28H,11H2,1-5H3,(H,22,29)(H,23,27)(H,24,30). The fraction of sp³-hybridized carbons (Fsp3) is 0.333. The van der Waals surface area contributed by atoms with Crippen molar-refractivity contribution in [3.8, 4) is 11.4 Å². The van der Waals surface area contributed by atoms with Crippen molar-refractivity contribution in [2.75, 3.05) is 7.05 Å². The third kappa shape index (κ3) is 5.03. The van der Waals surface area contributed by atoms with Crippen LogP contribution in [0.2, 0.25) is 0 Å². The maximum absolute atomic E-state index is 12.9. The van der Waals surface area contributed by atoms with Gasteiger partial charge in [0.15, 0.2) is 0 Å². The fourth-order valence-corrected chi connectivity index (χ4v) is 3.23. The number of nitrogens with zero attached hydrogens (tertiary/aromatic N) is 2. The highest BCUT2D eigenvalue weighted by atomic mass is 16.3. The molecule has 4 N–H and O–H groups in total. The van der Waals surface area contributed by atoms with Crippen molar-refractivity contribution in [2.45, 2.75) is 40.2 Å². The first-order valence-corrected chi connectivity index (χ1v) is 9.66. The molecule has 0 aliphatic heterocycles. The monoisotopic (exact) mass is 429 g/mol. The van der Waals surface area contributed by atoms with E-state index in [2.05, 4.69) is 15.7 Å². The van der Waals surface area contributed by atoms with Gasteiger partial charge in [-0.15, -0.1) is 0 Å². The fourth-order valence-electron chi connectivity index (χ4n) is 3.23. The largest absolute Gasteiger partial charge is 0.506 e. The summed E-state index contributed by atoms with van der Waals surface area (Å²) in [6.07, 6.45) is 5.20. The van der Waals surface area contributed by atoms with E-state index in [1.54, 1.807) is 38.1 Å². The highest BCUT2D eigenvalue weighted by Crippen LogP contribution is 2.27. The van der Waals surface area contributed by atoms with Gasteiger partial charge in [-0.3, -0.25) is 9.59 Å². The maximum atomic E-state index is 12.9. The number of hydrogen-bond donors (Lipinski definition) is 4. The smallest absolute Gasteiger partial charge is 0.356 e. The van der Waals surface area contributed by atoms with Crippen molar-refractivity contribution in [3.05, 3.63) is 62.5 Å². The highest BCUT2D eigenvalue weighted by molar-refractivity contribution is 5.87. The first kappa shape index (κ1) is 23.5. The number of allylic oxidation sites excluding steroid dienone is 4. The van der Waals surface area contributed by atoms with Crippen LogP contribution in [-0.2, 0) is 16.0 Å². The van der Waals surface area contributed by atoms with Gasteiger partial charge in [-0.05, 0) is 44.0 Å². The van der Waals surface area contributed by atoms with Gasteiger partial charge in [-0.1, -0.05) is 18.2 Å². The number of hydrogen-bond acceptors (Lipinski definition) is 5. The van der Waals surface area contributed by atoms with E-state index in [1.165, 1.54) is 20.0 Å². The van der Waals surface area contributed by atoms with Crippen molar-refractivity contribution in [1.29, 1.82) is 0 Å². The molecule has 1 heterocycles. The van der Waals surface area contributed by atoms with Crippen LogP contribution in [0.3, 0.4) is 0 Å². The van der Waals surface area contributed by atoms with Crippen molar-refractivity contribution in [3.63, 3.8) is 0 Å². The molecule has 10 nitrogen and oxygen atoms in total. The molecule has 31 heavy (non-hydrogen) atoms. The van der Waals surface area contributed by atoms with Gasteiger partial charge in [0.2, 0.25) is 11.8 Å². The zero-order chi connectivity index (χ0) is 23.3. The quantitative estimate of drug-likeness (QED) is 0.477. The Morgan fingerprint density at radius 1 is 1.26 bits per heavy atom. The molecule has 0 aliphatic rings. The van der Waals surface area contributed by atoms with Gasteiger partial charge in [-0.2, -0.15) is 4.68 Å². The van der Waals surface area contributed by atoms with Gasteiger partial charge in [0.05, 0.1) is 0 Å². The molecule has 1 atom stereocenters. The first-order valence-electron chi connectivity index (χ1n) is 9.66. The summed E-state index contributed by atoms with van der Waals surface area (Å²) in [6, 6.07) is 2.13. The molecule has 1 unspecified atom stereocenters. The summed E-state index contributed by atoms with van der Waals surface area (Å²) in [5, 5.41) is 18.0. The Morgan fingerprint density at radius 2 is 1.94 bits per heavy atom. The number of aromatic amines is 1. The number of phenolic OH excluding ortho intramolecular Hbond substituents is 1. The molecule has 166 valence electrons. The van der Waals surface area contributed by atoms with Gasteiger partial charge in [0, 0.05) is 26.1 Å². The number of likely N-dealkylation sites (N-methyl/N-ethyl adjacent to an activating group) is 1. The van der Waals surface area contributed by atoms with E-state index >= 15 is 0 Å². The molecule has 10 heteroatoms. The minimum absolute atomic E-state index is 0.0932. The van der Waals surface area contributed by atoms with Gasteiger partial charge < -0.3 is 15.7 Å². The van der Waals surface area contributed by atoms with Crippen molar-refractivity contribution >= 4 is 17.5 Å². The van der Waals surface area contributed by atoms with Gasteiger partial charge in [-0.25, -0.2) is 19.3 Å². The van der Waals surface area contributed by atoms with Crippen LogP contribution in [0.25, 0.3) is 11.4 Å². The second kappa shape index (κ2) is 9.79. The van der Waals surface area contributed by atoms with Crippen LogP contribution in [0.1, 0.15) is 31.9 Å². The van der Waals surface area contributed by atoms with Crippen LogP contribution in [-0.4, -0.2) is 44.4 Å². The second-order valence-electron chi connectivity index (χ2n) is 6.99. The zero-order valence-electron chi connectivity index (χ0n) is 18.1. The number of aromatic hydroxyl groups is 1. The summed E-state index contributed by atoms with van der Waals surface area (Å²) in [4.78, 5) is 49.0. The molecule has 1 aromatic heterocycles. The normalized spacial score (nSPS) is 12.7. The lowest BCUT2D eigenvalue weighted by Gasteiger charge is -2.19. The predicted molar refractivity (Wildman–Crippen MR) is 117 cm³/mol. The third-order valence-corrected chi connectivity index (χ3v) is 4.79. The summed E-state index contributed by atoms with van der Waals surface area (Å²) in [5.41, 5.74) is 0.247. The summed E-state index contributed by atoms with van der Waals surface area (Å²) < 4.78 is 1.92. The van der Waals surface area contributed by atoms with Crippen LogP contribution >= 0.6 is 0 Å². The van der Waals surface area contributed by atoms with Gasteiger partial charge in [0.25, 0.3) is 0 Å². The Hall–Kier alpha value is -3.82. The third-order valence-electron chi connectivity index (χ3n) is 4.79. The molecular weight excluding hydrogens is 402 g/mol. The van der Waals surface area contributed by atoms with E-state index in [0.29, 0.717) is 16.8 Å². The molecule has 0 bridgehead atoms. The lowest BCUT2D eigenvalue weighted by molar-refractivity contribution is -0.127. The average molecular weight is 429 g/mol. The van der Waals surface area contributed by atoms with Crippen LogP contribution in [0.15, 0.2) is 39.9 Å². The number of rotatable bonds is 7. The summed E-state index contributed by atoms with van der Waals surface area (Å²) in [5.74, 6) is -0.972. The maximum Gasteiger partial charge on any atom is 0.356 e. The Labute approximate surface area is 178 Å². The Kier molecular flexibility index (Phi) is 7.41. The van der Waals surface area contributed by atoms with Crippen LogP contribution in [0.5, 0.6) is 5.75 Å². The molecule has 1 aromatic carbocycles.